The number of rotatable bonds is 3. The third kappa shape index (κ3) is 3.85. The molecule has 1 aromatic rings. The van der Waals surface area contributed by atoms with Gasteiger partial charge in [-0.05, 0) is 57.6 Å². The highest BCUT2D eigenvalue weighted by Gasteiger charge is 2.50. The highest BCUT2D eigenvalue weighted by molar-refractivity contribution is 5.94. The van der Waals surface area contributed by atoms with Crippen LogP contribution in [0.1, 0.15) is 44.7 Å². The van der Waals surface area contributed by atoms with Crippen LogP contribution in [0.15, 0.2) is 30.0 Å². The van der Waals surface area contributed by atoms with Crippen LogP contribution in [-0.4, -0.2) is 53.0 Å². The first-order valence-corrected chi connectivity index (χ1v) is 10.6. The number of nitrogens with two attached hydrogens (primary N) is 1. The minimum atomic E-state index is -0.391. The number of hydrogen-bond acceptors (Lipinski definition) is 3. The fraction of sp³-hybridized carbons (Fsp3) is 0.565. The standard InChI is InChI=1S/C23H32N4O2/c1-14-6-5-7-16(12-14)18-19(21(24)28)17-13-26(22(29)25-23(2,3)4)10-11-27(17)20(18)15-8-9-15/h5-7,12,15,17,19H,8-11,13H2,1-4H3,(H2,24,28)(H,25,29). The minimum absolute atomic E-state index is 0.0719. The van der Waals surface area contributed by atoms with Gasteiger partial charge in [0.25, 0.3) is 0 Å². The Bertz CT molecular complexity index is 866. The summed E-state index contributed by atoms with van der Waals surface area (Å²) < 4.78 is 0. The fourth-order valence-electron chi connectivity index (χ4n) is 4.77. The molecular weight excluding hydrogens is 364 g/mol. The van der Waals surface area contributed by atoms with Crippen molar-refractivity contribution in [2.75, 3.05) is 19.6 Å². The minimum Gasteiger partial charge on any atom is -0.369 e. The number of amides is 3. The van der Waals surface area contributed by atoms with Gasteiger partial charge in [0.05, 0.1) is 12.0 Å². The second kappa shape index (κ2) is 7.08. The molecule has 4 rings (SSSR count). The van der Waals surface area contributed by atoms with E-state index >= 15 is 0 Å². The second-order valence-electron chi connectivity index (χ2n) is 9.71. The van der Waals surface area contributed by atoms with E-state index in [0.717, 1.165) is 30.5 Å². The molecule has 0 radical (unpaired) electrons. The predicted octanol–water partition coefficient (Wildman–Crippen LogP) is 2.73. The van der Waals surface area contributed by atoms with Crippen LogP contribution in [0.2, 0.25) is 0 Å². The highest BCUT2D eigenvalue weighted by atomic mass is 16.2. The Labute approximate surface area is 173 Å². The van der Waals surface area contributed by atoms with Gasteiger partial charge in [-0.2, -0.15) is 0 Å². The van der Waals surface area contributed by atoms with Crippen molar-refractivity contribution in [3.8, 4) is 0 Å². The summed E-state index contributed by atoms with van der Waals surface area (Å²) in [7, 11) is 0. The van der Waals surface area contributed by atoms with Crippen LogP contribution >= 0.6 is 0 Å². The fourth-order valence-corrected chi connectivity index (χ4v) is 4.77. The van der Waals surface area contributed by atoms with Gasteiger partial charge in [0.1, 0.15) is 0 Å². The van der Waals surface area contributed by atoms with E-state index in [1.54, 1.807) is 0 Å². The van der Waals surface area contributed by atoms with Crippen LogP contribution in [0, 0.1) is 18.8 Å². The second-order valence-corrected chi connectivity index (χ2v) is 9.71. The van der Waals surface area contributed by atoms with E-state index in [1.807, 2.05) is 31.7 Å². The lowest BCUT2D eigenvalue weighted by molar-refractivity contribution is -0.121. The molecule has 29 heavy (non-hydrogen) atoms. The van der Waals surface area contributed by atoms with Gasteiger partial charge in [-0.3, -0.25) is 4.79 Å². The number of urea groups is 1. The first-order valence-electron chi connectivity index (χ1n) is 10.6. The van der Waals surface area contributed by atoms with E-state index in [2.05, 4.69) is 35.3 Å². The quantitative estimate of drug-likeness (QED) is 0.825. The molecule has 0 spiro atoms. The van der Waals surface area contributed by atoms with Crippen molar-refractivity contribution in [2.45, 2.75) is 52.1 Å². The molecule has 156 valence electrons. The van der Waals surface area contributed by atoms with Gasteiger partial charge < -0.3 is 20.9 Å². The molecule has 6 nitrogen and oxygen atoms in total. The maximum atomic E-state index is 12.8. The van der Waals surface area contributed by atoms with E-state index in [4.69, 9.17) is 5.73 Å². The van der Waals surface area contributed by atoms with Crippen molar-refractivity contribution >= 4 is 17.5 Å². The molecule has 1 saturated heterocycles. The third-order valence-electron chi connectivity index (χ3n) is 6.07. The molecular formula is C23H32N4O2. The summed E-state index contributed by atoms with van der Waals surface area (Å²) in [6.45, 7) is 9.92. The Kier molecular flexibility index (Phi) is 4.83. The Morgan fingerprint density at radius 3 is 2.48 bits per heavy atom. The molecule has 3 N–H and O–H groups in total. The number of piperazine rings is 1. The van der Waals surface area contributed by atoms with E-state index in [1.165, 1.54) is 11.3 Å². The van der Waals surface area contributed by atoms with Gasteiger partial charge in [0.2, 0.25) is 5.91 Å². The molecule has 0 aromatic heterocycles. The number of nitrogens with zero attached hydrogens (tertiary/aromatic N) is 2. The Balaban J connectivity index is 1.69. The number of carbonyl (C=O) groups excluding carboxylic acids is 2. The number of carbonyl (C=O) groups is 2. The molecule has 2 atom stereocenters. The van der Waals surface area contributed by atoms with Crippen LogP contribution < -0.4 is 11.1 Å². The predicted molar refractivity (Wildman–Crippen MR) is 114 cm³/mol. The van der Waals surface area contributed by atoms with Crippen LogP contribution in [-0.2, 0) is 4.79 Å². The maximum Gasteiger partial charge on any atom is 0.317 e. The van der Waals surface area contributed by atoms with Crippen molar-refractivity contribution in [3.63, 3.8) is 0 Å². The van der Waals surface area contributed by atoms with Gasteiger partial charge in [0.15, 0.2) is 0 Å². The van der Waals surface area contributed by atoms with Crippen molar-refractivity contribution in [1.29, 1.82) is 0 Å². The lowest BCUT2D eigenvalue weighted by Gasteiger charge is -2.42. The zero-order valence-corrected chi connectivity index (χ0v) is 17.9. The highest BCUT2D eigenvalue weighted by Crippen LogP contribution is 2.51. The zero-order chi connectivity index (χ0) is 20.9. The Morgan fingerprint density at radius 2 is 1.90 bits per heavy atom. The Hall–Kier alpha value is -2.50. The van der Waals surface area contributed by atoms with Gasteiger partial charge in [-0.1, -0.05) is 29.8 Å². The van der Waals surface area contributed by atoms with Crippen molar-refractivity contribution < 1.29 is 9.59 Å². The van der Waals surface area contributed by atoms with Gasteiger partial charge in [-0.15, -0.1) is 0 Å². The van der Waals surface area contributed by atoms with Crippen LogP contribution in [0.3, 0.4) is 0 Å². The summed E-state index contributed by atoms with van der Waals surface area (Å²) in [4.78, 5) is 29.7. The van der Waals surface area contributed by atoms with Crippen LogP contribution in [0.4, 0.5) is 4.79 Å². The normalized spacial score (nSPS) is 24.6. The summed E-state index contributed by atoms with van der Waals surface area (Å²) in [6.07, 6.45) is 2.32. The molecule has 3 aliphatic rings. The summed E-state index contributed by atoms with van der Waals surface area (Å²) in [6, 6.07) is 8.19. The van der Waals surface area contributed by atoms with Crippen LogP contribution in [0.25, 0.3) is 5.57 Å². The molecule has 2 unspecified atom stereocenters. The Morgan fingerprint density at radius 1 is 1.17 bits per heavy atom. The molecule has 1 saturated carbocycles. The molecule has 3 amide bonds. The molecule has 1 aromatic carbocycles. The summed E-state index contributed by atoms with van der Waals surface area (Å²) in [5.74, 6) is -0.185. The van der Waals surface area contributed by atoms with E-state index in [-0.39, 0.29) is 23.5 Å². The lowest BCUT2D eigenvalue weighted by atomic mass is 9.87. The number of fused-ring (bicyclic) bond motifs is 1. The van der Waals surface area contributed by atoms with Crippen molar-refractivity contribution in [1.82, 2.24) is 15.1 Å². The monoisotopic (exact) mass is 396 g/mol. The van der Waals surface area contributed by atoms with E-state index in [9.17, 15) is 9.59 Å². The average molecular weight is 397 g/mol. The summed E-state index contributed by atoms with van der Waals surface area (Å²) in [5.41, 5.74) is 10.3. The topological polar surface area (TPSA) is 78.7 Å². The van der Waals surface area contributed by atoms with E-state index in [0.29, 0.717) is 19.0 Å². The number of benzene rings is 1. The SMILES string of the molecule is Cc1cccc(C2=C(C3CC3)N3CCN(C(=O)NC(C)(C)C)CC3C2C(N)=O)c1. The van der Waals surface area contributed by atoms with Crippen molar-refractivity contribution in [2.24, 2.45) is 17.6 Å². The lowest BCUT2D eigenvalue weighted by Crippen LogP contribution is -2.59. The largest absolute Gasteiger partial charge is 0.369 e. The van der Waals surface area contributed by atoms with Gasteiger partial charge in [-0.25, -0.2) is 4.79 Å². The third-order valence-corrected chi connectivity index (χ3v) is 6.07. The van der Waals surface area contributed by atoms with Gasteiger partial charge >= 0.3 is 6.03 Å². The first-order chi connectivity index (χ1) is 13.7. The number of nitrogens with one attached hydrogen (secondary N) is 1. The van der Waals surface area contributed by atoms with E-state index < -0.39 is 5.92 Å². The van der Waals surface area contributed by atoms with Crippen molar-refractivity contribution in [3.05, 3.63) is 41.1 Å². The molecule has 2 fully saturated rings. The summed E-state index contributed by atoms with van der Waals surface area (Å²) in [5, 5.41) is 3.05. The van der Waals surface area contributed by atoms with Crippen LogP contribution in [0.5, 0.6) is 0 Å². The number of hydrogen-bond donors (Lipinski definition) is 2. The smallest absolute Gasteiger partial charge is 0.317 e. The van der Waals surface area contributed by atoms with Gasteiger partial charge in [0, 0.05) is 30.9 Å². The molecule has 2 heterocycles. The maximum absolute atomic E-state index is 12.8. The molecule has 0 bridgehead atoms. The first kappa shape index (κ1) is 19.8. The average Bonchev–Trinajstić information content (AvgIpc) is 3.40. The zero-order valence-electron chi connectivity index (χ0n) is 17.9. The molecule has 2 aliphatic heterocycles. The summed E-state index contributed by atoms with van der Waals surface area (Å²) >= 11 is 0. The number of allylic oxidation sites excluding steroid dienone is 1. The number of aryl methyl sites for hydroxylation is 1. The molecule has 1 aliphatic carbocycles. The molecule has 6 heteroatoms. The number of primary amides is 1.